The largest absolute Gasteiger partial charge is 0.391 e. The second-order valence-corrected chi connectivity index (χ2v) is 4.76. The molecule has 0 spiro atoms. The Kier molecular flexibility index (Phi) is 3.36. The fourth-order valence-electron chi connectivity index (χ4n) is 2.30. The van der Waals surface area contributed by atoms with Crippen LogP contribution in [0.3, 0.4) is 0 Å². The van der Waals surface area contributed by atoms with Crippen molar-refractivity contribution in [3.8, 4) is 0 Å². The van der Waals surface area contributed by atoms with Crippen LogP contribution in [0.25, 0.3) is 0 Å². The molecule has 0 bridgehead atoms. The van der Waals surface area contributed by atoms with E-state index in [1.54, 1.807) is 0 Å². The highest BCUT2D eigenvalue weighted by Crippen LogP contribution is 2.30. The average Bonchev–Trinajstić information content (AvgIpc) is 2.08. The fraction of sp³-hybridized carbons (Fsp3) is 1.00. The van der Waals surface area contributed by atoms with Crippen LogP contribution >= 0.6 is 0 Å². The molecule has 0 aromatic heterocycles. The third kappa shape index (κ3) is 2.05. The maximum absolute atomic E-state index is 9.91. The summed E-state index contributed by atoms with van der Waals surface area (Å²) >= 11 is 0. The Morgan fingerprint density at radius 3 is 2.69 bits per heavy atom. The molecule has 1 fully saturated rings. The van der Waals surface area contributed by atoms with Gasteiger partial charge < -0.3 is 5.11 Å². The number of likely N-dealkylation sites (tertiary alicyclic amines) is 1. The minimum atomic E-state index is -0.157. The van der Waals surface area contributed by atoms with Gasteiger partial charge in [0.25, 0.3) is 0 Å². The predicted octanol–water partition coefficient (Wildman–Crippen LogP) is 2.02. The van der Waals surface area contributed by atoms with Crippen LogP contribution in [0.4, 0.5) is 0 Å². The Bertz CT molecular complexity index is 167. The van der Waals surface area contributed by atoms with Gasteiger partial charge in [-0.05, 0) is 46.6 Å². The summed E-state index contributed by atoms with van der Waals surface area (Å²) in [5.41, 5.74) is -0.0341. The van der Waals surface area contributed by atoms with Crippen LogP contribution in [0.15, 0.2) is 0 Å². The monoisotopic (exact) mass is 185 g/mol. The summed E-state index contributed by atoms with van der Waals surface area (Å²) < 4.78 is 0. The first-order chi connectivity index (χ1) is 6.00. The van der Waals surface area contributed by atoms with Gasteiger partial charge >= 0.3 is 0 Å². The van der Waals surface area contributed by atoms with Crippen LogP contribution in [-0.4, -0.2) is 34.2 Å². The number of aliphatic hydroxyl groups excluding tert-OH is 1. The minimum absolute atomic E-state index is 0.0341. The molecule has 2 heteroatoms. The minimum Gasteiger partial charge on any atom is -0.391 e. The summed E-state index contributed by atoms with van der Waals surface area (Å²) in [5, 5.41) is 9.91. The average molecular weight is 185 g/mol. The Hall–Kier alpha value is -0.0800. The molecular formula is C11H23NO. The van der Waals surface area contributed by atoms with Crippen molar-refractivity contribution in [2.45, 2.75) is 64.6 Å². The van der Waals surface area contributed by atoms with Crippen LogP contribution in [0, 0.1) is 0 Å². The maximum Gasteiger partial charge on any atom is 0.0719 e. The fourth-order valence-corrected chi connectivity index (χ4v) is 2.30. The molecule has 0 aliphatic carbocycles. The van der Waals surface area contributed by atoms with Gasteiger partial charge in [-0.25, -0.2) is 0 Å². The Morgan fingerprint density at radius 2 is 2.15 bits per heavy atom. The molecule has 13 heavy (non-hydrogen) atoms. The van der Waals surface area contributed by atoms with Crippen LogP contribution in [0.2, 0.25) is 0 Å². The smallest absolute Gasteiger partial charge is 0.0719 e. The molecule has 0 aromatic carbocycles. The van der Waals surface area contributed by atoms with Crippen molar-refractivity contribution in [3.05, 3.63) is 0 Å². The van der Waals surface area contributed by atoms with Crippen molar-refractivity contribution in [1.29, 1.82) is 0 Å². The van der Waals surface area contributed by atoms with Crippen LogP contribution in [-0.2, 0) is 0 Å². The quantitative estimate of drug-likeness (QED) is 0.711. The van der Waals surface area contributed by atoms with Crippen molar-refractivity contribution in [2.75, 3.05) is 6.54 Å². The molecule has 78 valence electrons. The van der Waals surface area contributed by atoms with E-state index in [0.29, 0.717) is 6.04 Å². The van der Waals surface area contributed by atoms with E-state index >= 15 is 0 Å². The summed E-state index contributed by atoms with van der Waals surface area (Å²) in [6.07, 6.45) is 3.10. The van der Waals surface area contributed by atoms with Crippen LogP contribution in [0.5, 0.6) is 0 Å². The van der Waals surface area contributed by atoms with Gasteiger partial charge in [-0.15, -0.1) is 0 Å². The zero-order chi connectivity index (χ0) is 10.1. The van der Waals surface area contributed by atoms with E-state index in [1.165, 1.54) is 0 Å². The third-order valence-corrected chi connectivity index (χ3v) is 3.56. The molecule has 1 rings (SSSR count). The Morgan fingerprint density at radius 1 is 1.54 bits per heavy atom. The van der Waals surface area contributed by atoms with Gasteiger partial charge in [0.05, 0.1) is 6.10 Å². The van der Waals surface area contributed by atoms with E-state index in [2.05, 4.69) is 32.6 Å². The van der Waals surface area contributed by atoms with Crippen molar-refractivity contribution >= 4 is 0 Å². The highest BCUT2D eigenvalue weighted by Gasteiger charge is 2.38. The second kappa shape index (κ2) is 3.97. The lowest BCUT2D eigenvalue weighted by molar-refractivity contribution is -0.0625. The van der Waals surface area contributed by atoms with E-state index in [9.17, 15) is 5.11 Å². The first-order valence-electron chi connectivity index (χ1n) is 5.45. The molecule has 2 unspecified atom stereocenters. The van der Waals surface area contributed by atoms with Crippen molar-refractivity contribution < 1.29 is 5.11 Å². The lowest BCUT2D eigenvalue weighted by Crippen LogP contribution is -2.58. The summed E-state index contributed by atoms with van der Waals surface area (Å²) in [6, 6.07) is 0.588. The maximum atomic E-state index is 9.91. The zero-order valence-electron chi connectivity index (χ0n) is 9.38. The molecule has 0 saturated carbocycles. The number of hydrogen-bond acceptors (Lipinski definition) is 2. The lowest BCUT2D eigenvalue weighted by atomic mass is 9.86. The predicted molar refractivity (Wildman–Crippen MR) is 55.8 cm³/mol. The molecule has 1 aliphatic rings. The van der Waals surface area contributed by atoms with Gasteiger partial charge in [-0.1, -0.05) is 6.92 Å². The molecule has 1 heterocycles. The Balaban J connectivity index is 2.71. The van der Waals surface area contributed by atoms with E-state index in [4.69, 9.17) is 0 Å². The lowest BCUT2D eigenvalue weighted by Gasteiger charge is -2.48. The Labute approximate surface area is 81.9 Å². The summed E-state index contributed by atoms with van der Waals surface area (Å²) in [7, 11) is 0. The standard InChI is InChI=1S/C11H23NO/c1-5-9(2)12-8-6-7-10(13)11(12,3)4/h9-10,13H,5-8H2,1-4H3. The summed E-state index contributed by atoms with van der Waals surface area (Å²) in [4.78, 5) is 2.45. The number of aliphatic hydroxyl groups is 1. The highest BCUT2D eigenvalue weighted by molar-refractivity contribution is 4.94. The van der Waals surface area contributed by atoms with Crippen molar-refractivity contribution in [3.63, 3.8) is 0 Å². The van der Waals surface area contributed by atoms with Gasteiger partial charge in [0.1, 0.15) is 0 Å². The second-order valence-electron chi connectivity index (χ2n) is 4.76. The van der Waals surface area contributed by atoms with Crippen molar-refractivity contribution in [2.24, 2.45) is 0 Å². The summed E-state index contributed by atoms with van der Waals surface area (Å²) in [6.45, 7) is 9.91. The molecular weight excluding hydrogens is 162 g/mol. The van der Waals surface area contributed by atoms with Gasteiger partial charge in [-0.3, -0.25) is 4.90 Å². The third-order valence-electron chi connectivity index (χ3n) is 3.56. The first-order valence-corrected chi connectivity index (χ1v) is 5.45. The van der Waals surface area contributed by atoms with E-state index in [1.807, 2.05) is 0 Å². The number of rotatable bonds is 2. The van der Waals surface area contributed by atoms with Crippen molar-refractivity contribution in [1.82, 2.24) is 4.90 Å². The normalized spacial score (nSPS) is 31.6. The molecule has 0 aromatic rings. The number of nitrogens with zero attached hydrogens (tertiary/aromatic N) is 1. The topological polar surface area (TPSA) is 23.5 Å². The van der Waals surface area contributed by atoms with Gasteiger partial charge in [-0.2, -0.15) is 0 Å². The van der Waals surface area contributed by atoms with E-state index in [0.717, 1.165) is 25.8 Å². The van der Waals surface area contributed by atoms with E-state index in [-0.39, 0.29) is 11.6 Å². The van der Waals surface area contributed by atoms with Crippen LogP contribution < -0.4 is 0 Å². The van der Waals surface area contributed by atoms with Gasteiger partial charge in [0.2, 0.25) is 0 Å². The molecule has 2 nitrogen and oxygen atoms in total. The molecule has 0 radical (unpaired) electrons. The van der Waals surface area contributed by atoms with Crippen LogP contribution in [0.1, 0.15) is 47.0 Å². The van der Waals surface area contributed by atoms with Gasteiger partial charge in [0, 0.05) is 11.6 Å². The molecule has 0 amide bonds. The molecule has 1 N–H and O–H groups in total. The van der Waals surface area contributed by atoms with Gasteiger partial charge in [0.15, 0.2) is 0 Å². The summed E-state index contributed by atoms with van der Waals surface area (Å²) in [5.74, 6) is 0. The molecule has 1 aliphatic heterocycles. The van der Waals surface area contributed by atoms with E-state index < -0.39 is 0 Å². The highest BCUT2D eigenvalue weighted by atomic mass is 16.3. The first kappa shape index (κ1) is 11.0. The zero-order valence-corrected chi connectivity index (χ0v) is 9.38. The molecule has 1 saturated heterocycles. The SMILES string of the molecule is CCC(C)N1CCCC(O)C1(C)C. The number of hydrogen-bond donors (Lipinski definition) is 1. The molecule has 2 atom stereocenters. The number of piperidine rings is 1.